The van der Waals surface area contributed by atoms with Gasteiger partial charge >= 0.3 is 6.18 Å². The minimum Gasteiger partial charge on any atom is -0.351 e. The van der Waals surface area contributed by atoms with Gasteiger partial charge in [0.25, 0.3) is 0 Å². The molecule has 6 nitrogen and oxygen atoms in total. The van der Waals surface area contributed by atoms with Gasteiger partial charge in [0.2, 0.25) is 0 Å². The van der Waals surface area contributed by atoms with Crippen LogP contribution in [0, 0.1) is 5.82 Å². The van der Waals surface area contributed by atoms with Crippen LogP contribution in [0.4, 0.5) is 28.9 Å². The Balaban J connectivity index is 1.87. The molecular weight excluding hydrogens is 352 g/mol. The van der Waals surface area contributed by atoms with Crippen molar-refractivity contribution in [3.8, 4) is 0 Å². The van der Waals surface area contributed by atoms with Crippen LogP contribution in [0.25, 0.3) is 0 Å². The molecule has 26 heavy (non-hydrogen) atoms. The molecule has 1 aromatic rings. The average Bonchev–Trinajstić information content (AvgIpc) is 2.60. The minimum absolute atomic E-state index is 0.0258. The van der Waals surface area contributed by atoms with E-state index in [2.05, 4.69) is 20.4 Å². The van der Waals surface area contributed by atoms with Gasteiger partial charge in [0, 0.05) is 38.5 Å². The number of anilines is 1. The molecule has 1 fully saturated rings. The first-order chi connectivity index (χ1) is 12.3. The fourth-order valence-corrected chi connectivity index (χ4v) is 3.11. The Kier molecular flexibility index (Phi) is 3.94. The molecule has 0 saturated carbocycles. The van der Waals surface area contributed by atoms with E-state index in [-0.39, 0.29) is 17.4 Å². The number of nitrogens with zero attached hydrogens (tertiary/aromatic N) is 5. The van der Waals surface area contributed by atoms with Gasteiger partial charge in [-0.05, 0) is 13.0 Å². The van der Waals surface area contributed by atoms with E-state index in [1.54, 1.807) is 6.21 Å². The normalized spacial score (nSPS) is 22.6. The first-order valence-corrected chi connectivity index (χ1v) is 8.22. The van der Waals surface area contributed by atoms with Crippen LogP contribution in [0.15, 0.2) is 27.2 Å². The highest BCUT2D eigenvalue weighted by Gasteiger charge is 2.38. The molecule has 3 aliphatic rings. The second-order valence-electron chi connectivity index (χ2n) is 6.26. The van der Waals surface area contributed by atoms with Crippen molar-refractivity contribution in [2.24, 2.45) is 15.1 Å². The topological polar surface area (TPSA) is 55.6 Å². The number of hydrazone groups is 1. The summed E-state index contributed by atoms with van der Waals surface area (Å²) in [4.78, 5) is 10.9. The summed E-state index contributed by atoms with van der Waals surface area (Å²) in [7, 11) is 0. The summed E-state index contributed by atoms with van der Waals surface area (Å²) in [6.45, 7) is 4.59. The molecule has 0 spiro atoms. The van der Waals surface area contributed by atoms with Gasteiger partial charge in [-0.3, -0.25) is 4.99 Å². The number of amidine groups is 2. The fourth-order valence-electron chi connectivity index (χ4n) is 3.11. The third kappa shape index (κ3) is 2.83. The monoisotopic (exact) mass is 368 g/mol. The SMILES string of the molecule is CC1C=NN2C(=N1)C(N1CCNCC1)=Nc1cc(C(F)(F)F)c(F)cc12. The van der Waals surface area contributed by atoms with E-state index in [1.165, 1.54) is 5.01 Å². The van der Waals surface area contributed by atoms with Crippen LogP contribution in [0.2, 0.25) is 0 Å². The molecule has 1 atom stereocenters. The Morgan fingerprint density at radius 2 is 1.88 bits per heavy atom. The molecule has 0 aliphatic carbocycles. The molecule has 0 aromatic heterocycles. The molecule has 1 saturated heterocycles. The predicted octanol–water partition coefficient (Wildman–Crippen LogP) is 2.39. The van der Waals surface area contributed by atoms with Crippen molar-refractivity contribution < 1.29 is 17.6 Å². The van der Waals surface area contributed by atoms with Crippen molar-refractivity contribution in [3.05, 3.63) is 23.5 Å². The first-order valence-electron chi connectivity index (χ1n) is 8.22. The highest BCUT2D eigenvalue weighted by atomic mass is 19.4. The number of nitrogens with one attached hydrogen (secondary N) is 1. The third-order valence-electron chi connectivity index (χ3n) is 4.37. The van der Waals surface area contributed by atoms with Gasteiger partial charge in [-0.15, -0.1) is 0 Å². The molecule has 138 valence electrons. The summed E-state index contributed by atoms with van der Waals surface area (Å²) in [5.74, 6) is -0.471. The number of hydrogen-bond donors (Lipinski definition) is 1. The maximum Gasteiger partial charge on any atom is 0.419 e. The summed E-state index contributed by atoms with van der Waals surface area (Å²) in [6.07, 6.45) is -3.23. The summed E-state index contributed by atoms with van der Waals surface area (Å²) in [6, 6.07) is 1.35. The van der Waals surface area contributed by atoms with Gasteiger partial charge in [0.15, 0.2) is 11.7 Å². The molecule has 0 radical (unpaired) electrons. The minimum atomic E-state index is -4.79. The van der Waals surface area contributed by atoms with E-state index in [1.807, 2.05) is 11.8 Å². The number of halogens is 4. The summed E-state index contributed by atoms with van der Waals surface area (Å²) in [5, 5.41) is 8.83. The van der Waals surface area contributed by atoms with E-state index < -0.39 is 17.6 Å². The Bertz CT molecular complexity index is 823. The smallest absolute Gasteiger partial charge is 0.351 e. The summed E-state index contributed by atoms with van der Waals surface area (Å²) >= 11 is 0. The van der Waals surface area contributed by atoms with Crippen molar-refractivity contribution in [2.75, 3.05) is 31.2 Å². The largest absolute Gasteiger partial charge is 0.419 e. The molecule has 10 heteroatoms. The standard InChI is InChI=1S/C16H16F4N6/c1-9-8-22-26-13-7-11(17)10(16(18,19)20)6-12(13)24-14(15(26)23-9)25-4-2-21-3-5-25/h6-9,21H,2-5H2,1H3. The van der Waals surface area contributed by atoms with Gasteiger partial charge in [-0.25, -0.2) is 14.4 Å². The lowest BCUT2D eigenvalue weighted by molar-refractivity contribution is -0.139. The van der Waals surface area contributed by atoms with Gasteiger partial charge in [-0.2, -0.15) is 18.3 Å². The molecule has 4 rings (SSSR count). The van der Waals surface area contributed by atoms with Crippen LogP contribution in [0.3, 0.4) is 0 Å². The van der Waals surface area contributed by atoms with Gasteiger partial charge in [-0.1, -0.05) is 0 Å². The van der Waals surface area contributed by atoms with E-state index in [9.17, 15) is 17.6 Å². The van der Waals surface area contributed by atoms with Gasteiger partial charge < -0.3 is 10.2 Å². The number of alkyl halides is 3. The lowest BCUT2D eigenvalue weighted by atomic mass is 10.1. The van der Waals surface area contributed by atoms with Crippen LogP contribution in [0.5, 0.6) is 0 Å². The molecule has 3 heterocycles. The van der Waals surface area contributed by atoms with Crippen LogP contribution in [-0.2, 0) is 6.18 Å². The number of aliphatic imine (C=N–C) groups is 2. The first kappa shape index (κ1) is 17.0. The molecule has 1 N–H and O–H groups in total. The zero-order chi connectivity index (χ0) is 18.5. The number of fused-ring (bicyclic) bond motifs is 3. The van der Waals surface area contributed by atoms with Crippen LogP contribution in [-0.4, -0.2) is 55.0 Å². The average molecular weight is 368 g/mol. The molecule has 0 bridgehead atoms. The number of hydrogen-bond acceptors (Lipinski definition) is 6. The second-order valence-corrected chi connectivity index (χ2v) is 6.26. The maximum absolute atomic E-state index is 14.1. The second kappa shape index (κ2) is 6.04. The zero-order valence-corrected chi connectivity index (χ0v) is 13.9. The van der Waals surface area contributed by atoms with Crippen molar-refractivity contribution >= 4 is 29.3 Å². The Hall–Kier alpha value is -2.49. The predicted molar refractivity (Wildman–Crippen MR) is 90.8 cm³/mol. The molecule has 0 amide bonds. The van der Waals surface area contributed by atoms with Crippen molar-refractivity contribution in [1.29, 1.82) is 0 Å². The van der Waals surface area contributed by atoms with E-state index in [0.29, 0.717) is 24.8 Å². The Morgan fingerprint density at radius 1 is 1.15 bits per heavy atom. The van der Waals surface area contributed by atoms with Crippen molar-refractivity contribution in [3.63, 3.8) is 0 Å². The molecular formula is C16H16F4N6. The van der Waals surface area contributed by atoms with Crippen molar-refractivity contribution in [2.45, 2.75) is 19.1 Å². The number of piperazine rings is 1. The molecule has 1 aromatic carbocycles. The number of benzene rings is 1. The summed E-state index contributed by atoms with van der Waals surface area (Å²) in [5.41, 5.74) is -1.16. The zero-order valence-electron chi connectivity index (χ0n) is 13.9. The number of rotatable bonds is 0. The fraction of sp³-hybridized carbons (Fsp3) is 0.438. The van der Waals surface area contributed by atoms with E-state index in [0.717, 1.165) is 25.2 Å². The van der Waals surface area contributed by atoms with Gasteiger partial charge in [0.1, 0.15) is 5.82 Å². The van der Waals surface area contributed by atoms with Crippen molar-refractivity contribution in [1.82, 2.24) is 10.2 Å². The van der Waals surface area contributed by atoms with Crippen LogP contribution < -0.4 is 10.3 Å². The van der Waals surface area contributed by atoms with E-state index >= 15 is 0 Å². The Labute approximate surface area is 146 Å². The third-order valence-corrected chi connectivity index (χ3v) is 4.37. The highest BCUT2D eigenvalue weighted by molar-refractivity contribution is 6.47. The van der Waals surface area contributed by atoms with Crippen LogP contribution >= 0.6 is 0 Å². The van der Waals surface area contributed by atoms with E-state index in [4.69, 9.17) is 0 Å². The van der Waals surface area contributed by atoms with Crippen LogP contribution in [0.1, 0.15) is 12.5 Å². The highest BCUT2D eigenvalue weighted by Crippen LogP contribution is 2.41. The molecule has 3 aliphatic heterocycles. The lowest BCUT2D eigenvalue weighted by Gasteiger charge is -2.37. The summed E-state index contributed by atoms with van der Waals surface area (Å²) < 4.78 is 53.3. The van der Waals surface area contributed by atoms with Gasteiger partial charge in [0.05, 0.1) is 23.0 Å². The molecule has 1 unspecified atom stereocenters. The quantitative estimate of drug-likeness (QED) is 0.716. The Morgan fingerprint density at radius 3 is 2.58 bits per heavy atom. The maximum atomic E-state index is 14.1. The lowest BCUT2D eigenvalue weighted by Crippen LogP contribution is -2.53.